The maximum absolute atomic E-state index is 6.52. The van der Waals surface area contributed by atoms with Crippen LogP contribution in [-0.4, -0.2) is 37.6 Å². The first kappa shape index (κ1) is 24.6. The van der Waals surface area contributed by atoms with Gasteiger partial charge in [-0.15, -0.1) is 0 Å². The fourth-order valence-corrected chi connectivity index (χ4v) is 5.40. The van der Waals surface area contributed by atoms with Crippen molar-refractivity contribution in [2.24, 2.45) is 0 Å². The molecule has 0 amide bonds. The predicted octanol–water partition coefficient (Wildman–Crippen LogP) is 6.66. The monoisotopic (exact) mass is 548 g/mol. The molecule has 3 heterocycles. The molecule has 9 heteroatoms. The van der Waals surface area contributed by atoms with E-state index in [0.29, 0.717) is 20.6 Å². The third-order valence-corrected chi connectivity index (χ3v) is 7.55. The lowest BCUT2D eigenvalue weighted by Gasteiger charge is -2.29. The largest absolute Gasteiger partial charge is 0.346 e. The van der Waals surface area contributed by atoms with E-state index >= 15 is 0 Å². The van der Waals surface area contributed by atoms with Crippen molar-refractivity contribution in [2.75, 3.05) is 13.2 Å². The maximum Gasteiger partial charge on any atom is 0.186 e. The zero-order chi connectivity index (χ0) is 24.6. The Bertz CT molecular complexity index is 1230. The van der Waals surface area contributed by atoms with Crippen molar-refractivity contribution in [3.05, 3.63) is 105 Å². The van der Waals surface area contributed by atoms with Crippen LogP contribution in [0.4, 0.5) is 0 Å². The van der Waals surface area contributed by atoms with E-state index < -0.39 is 43.3 Å². The van der Waals surface area contributed by atoms with E-state index in [1.807, 2.05) is 54.6 Å². The van der Waals surface area contributed by atoms with E-state index in [9.17, 15) is 0 Å². The maximum atomic E-state index is 6.52. The molecule has 6 nitrogen and oxygen atoms in total. The van der Waals surface area contributed by atoms with E-state index in [1.54, 1.807) is 18.2 Å². The standard InChI is InChI=1S/C27H23Cl3O6/c28-18-10-4-1-7-15(18)25-31-13-21(33-25)23-24-22(34-27(36-24)17-9-3-6-12-20(17)30)14-32-26(35-23)16-8-2-5-11-19(16)29/h1-12,21-27H,13-14H2/t21-,22+,23+,24+,25?,26?,27?/m0/s1. The summed E-state index contributed by atoms with van der Waals surface area (Å²) in [6.07, 6.45) is -4.01. The van der Waals surface area contributed by atoms with Gasteiger partial charge in [0.05, 0.1) is 13.2 Å². The molecule has 0 spiro atoms. The van der Waals surface area contributed by atoms with E-state index in [-0.39, 0.29) is 13.2 Å². The number of halogens is 3. The van der Waals surface area contributed by atoms with Crippen molar-refractivity contribution in [3.63, 3.8) is 0 Å². The van der Waals surface area contributed by atoms with Crippen molar-refractivity contribution in [2.45, 2.75) is 43.3 Å². The molecule has 0 aromatic heterocycles. The first-order valence-corrected chi connectivity index (χ1v) is 12.8. The molecule has 0 saturated carbocycles. The Labute approximate surface area is 223 Å². The molecule has 7 atom stereocenters. The smallest absolute Gasteiger partial charge is 0.186 e. The lowest BCUT2D eigenvalue weighted by atomic mass is 10.0. The molecule has 0 aliphatic carbocycles. The van der Waals surface area contributed by atoms with Gasteiger partial charge < -0.3 is 28.4 Å². The van der Waals surface area contributed by atoms with Crippen molar-refractivity contribution in [3.8, 4) is 0 Å². The first-order chi connectivity index (χ1) is 17.6. The van der Waals surface area contributed by atoms with E-state index in [0.717, 1.165) is 11.1 Å². The fourth-order valence-electron chi connectivity index (χ4n) is 4.73. The summed E-state index contributed by atoms with van der Waals surface area (Å²) in [6.45, 7) is 0.513. The summed E-state index contributed by atoms with van der Waals surface area (Å²) in [7, 11) is 0. The second-order valence-corrected chi connectivity index (χ2v) is 10.00. The minimum Gasteiger partial charge on any atom is -0.346 e. The van der Waals surface area contributed by atoms with Gasteiger partial charge in [-0.25, -0.2) is 0 Å². The third kappa shape index (κ3) is 4.78. The Morgan fingerprint density at radius 1 is 0.472 bits per heavy atom. The molecular formula is C27H23Cl3O6. The van der Waals surface area contributed by atoms with Crippen LogP contribution in [0.3, 0.4) is 0 Å². The quantitative estimate of drug-likeness (QED) is 0.363. The van der Waals surface area contributed by atoms with Gasteiger partial charge in [-0.3, -0.25) is 0 Å². The molecule has 3 aliphatic heterocycles. The summed E-state index contributed by atoms with van der Waals surface area (Å²) < 4.78 is 37.7. The molecule has 3 aromatic carbocycles. The molecule has 3 aromatic rings. The molecule has 36 heavy (non-hydrogen) atoms. The highest BCUT2D eigenvalue weighted by Gasteiger charge is 2.51. The molecule has 3 saturated heterocycles. The van der Waals surface area contributed by atoms with Gasteiger partial charge in [0.1, 0.15) is 24.4 Å². The molecule has 0 N–H and O–H groups in total. The highest BCUT2D eigenvalue weighted by molar-refractivity contribution is 6.32. The minimum absolute atomic E-state index is 0.236. The molecular weight excluding hydrogens is 527 g/mol. The summed E-state index contributed by atoms with van der Waals surface area (Å²) in [5, 5.41) is 1.67. The van der Waals surface area contributed by atoms with Gasteiger partial charge in [0, 0.05) is 31.8 Å². The van der Waals surface area contributed by atoms with Crippen LogP contribution in [0.1, 0.15) is 35.6 Å². The molecule has 0 radical (unpaired) electrons. The van der Waals surface area contributed by atoms with Gasteiger partial charge in [0.15, 0.2) is 18.9 Å². The van der Waals surface area contributed by atoms with Crippen LogP contribution in [0.2, 0.25) is 15.1 Å². The summed E-state index contributed by atoms with van der Waals surface area (Å²) in [5.41, 5.74) is 2.21. The van der Waals surface area contributed by atoms with E-state index in [1.165, 1.54) is 0 Å². The summed E-state index contributed by atoms with van der Waals surface area (Å²) in [4.78, 5) is 0. The summed E-state index contributed by atoms with van der Waals surface area (Å²) in [6, 6.07) is 22.3. The molecule has 188 valence electrons. The molecule has 3 unspecified atom stereocenters. The predicted molar refractivity (Wildman–Crippen MR) is 134 cm³/mol. The Morgan fingerprint density at radius 2 is 0.833 bits per heavy atom. The molecule has 3 fully saturated rings. The van der Waals surface area contributed by atoms with Crippen LogP contribution in [0.15, 0.2) is 72.8 Å². The second kappa shape index (κ2) is 10.6. The SMILES string of the molecule is Clc1ccccc1C1OC[C@H]2OC(c3ccccc3Cl)O[C@H]2[C@@H]([C@@H]2COC(c3ccccc3Cl)O2)O1. The van der Waals surface area contributed by atoms with Crippen molar-refractivity contribution < 1.29 is 28.4 Å². The average molecular weight is 550 g/mol. The average Bonchev–Trinajstić information content (AvgIpc) is 3.50. The molecule has 3 aliphatic rings. The van der Waals surface area contributed by atoms with Crippen molar-refractivity contribution in [1.29, 1.82) is 0 Å². The number of hydrogen-bond donors (Lipinski definition) is 0. The number of rotatable bonds is 4. The number of benzene rings is 3. The fraction of sp³-hybridized carbons (Fsp3) is 0.333. The summed E-state index contributed by atoms with van der Waals surface area (Å²) in [5.74, 6) is 0. The van der Waals surface area contributed by atoms with E-state index in [2.05, 4.69) is 0 Å². The lowest BCUT2D eigenvalue weighted by Crippen LogP contribution is -2.45. The Morgan fingerprint density at radius 3 is 1.31 bits per heavy atom. The van der Waals surface area contributed by atoms with Crippen LogP contribution in [0, 0.1) is 0 Å². The van der Waals surface area contributed by atoms with Crippen molar-refractivity contribution >= 4 is 34.8 Å². The van der Waals surface area contributed by atoms with Crippen molar-refractivity contribution in [1.82, 2.24) is 0 Å². The Kier molecular flexibility index (Phi) is 7.23. The highest BCUT2D eigenvalue weighted by Crippen LogP contribution is 2.44. The minimum atomic E-state index is -0.733. The van der Waals surface area contributed by atoms with Crippen LogP contribution < -0.4 is 0 Å². The van der Waals surface area contributed by atoms with Crippen LogP contribution in [0.5, 0.6) is 0 Å². The normalized spacial score (nSPS) is 32.2. The number of ether oxygens (including phenoxy) is 6. The van der Waals surface area contributed by atoms with Gasteiger partial charge in [-0.2, -0.15) is 0 Å². The highest BCUT2D eigenvalue weighted by atomic mass is 35.5. The van der Waals surface area contributed by atoms with Gasteiger partial charge >= 0.3 is 0 Å². The lowest BCUT2D eigenvalue weighted by molar-refractivity contribution is -0.217. The second-order valence-electron chi connectivity index (χ2n) is 8.78. The number of fused-ring (bicyclic) bond motifs is 1. The van der Waals surface area contributed by atoms with Gasteiger partial charge in [0.2, 0.25) is 0 Å². The van der Waals surface area contributed by atoms with Gasteiger partial charge in [-0.05, 0) is 18.2 Å². The zero-order valence-electron chi connectivity index (χ0n) is 19.0. The first-order valence-electron chi connectivity index (χ1n) is 11.7. The van der Waals surface area contributed by atoms with Crippen LogP contribution >= 0.6 is 34.8 Å². The number of hydrogen-bond acceptors (Lipinski definition) is 6. The van der Waals surface area contributed by atoms with Crippen LogP contribution in [0.25, 0.3) is 0 Å². The topological polar surface area (TPSA) is 55.4 Å². The van der Waals surface area contributed by atoms with Crippen LogP contribution in [-0.2, 0) is 28.4 Å². The Balaban J connectivity index is 1.29. The third-order valence-electron chi connectivity index (χ3n) is 6.52. The van der Waals surface area contributed by atoms with Gasteiger partial charge in [-0.1, -0.05) is 89.4 Å². The van der Waals surface area contributed by atoms with Gasteiger partial charge in [0.25, 0.3) is 0 Å². The van der Waals surface area contributed by atoms with E-state index in [4.69, 9.17) is 63.2 Å². The molecule has 6 rings (SSSR count). The zero-order valence-corrected chi connectivity index (χ0v) is 21.2. The Hall–Kier alpha value is -1.71. The molecule has 0 bridgehead atoms. The summed E-state index contributed by atoms with van der Waals surface area (Å²) >= 11 is 19.3.